The lowest BCUT2D eigenvalue weighted by Crippen LogP contribution is -2.26. The highest BCUT2D eigenvalue weighted by Crippen LogP contribution is 2.28. The molecule has 1 rings (SSSR count). The number of nitrogens with one attached hydrogen (secondary N) is 1. The van der Waals surface area contributed by atoms with Gasteiger partial charge in [0.05, 0.1) is 15.6 Å². The maximum absolute atomic E-state index is 12.1. The zero-order chi connectivity index (χ0) is 15.5. The third kappa shape index (κ3) is 4.34. The van der Waals surface area contributed by atoms with Crippen molar-refractivity contribution in [2.24, 2.45) is 5.92 Å². The molecule has 0 spiro atoms. The van der Waals surface area contributed by atoms with E-state index in [4.69, 9.17) is 28.3 Å². The molecule has 0 aliphatic carbocycles. The number of halogens is 2. The summed E-state index contributed by atoms with van der Waals surface area (Å²) in [6.45, 7) is 4.18. The SMILES string of the molecule is CC(C)CCNS(=O)(=O)c1cc(C(=O)O)c(Cl)cc1Cl. The molecular weight excluding hydrogens is 325 g/mol. The Balaban J connectivity index is 3.11. The van der Waals surface area contributed by atoms with Gasteiger partial charge in [0, 0.05) is 6.54 Å². The molecule has 0 bridgehead atoms. The standard InChI is InChI=1S/C12H15Cl2NO4S/c1-7(2)3-4-15-20(18,19)11-5-8(12(16)17)9(13)6-10(11)14/h5-7,15H,3-4H2,1-2H3,(H,16,17). The van der Waals surface area contributed by atoms with Crippen molar-refractivity contribution in [3.8, 4) is 0 Å². The number of rotatable bonds is 6. The van der Waals surface area contributed by atoms with Gasteiger partial charge in [0.2, 0.25) is 10.0 Å². The van der Waals surface area contributed by atoms with E-state index in [-0.39, 0.29) is 27.0 Å². The van der Waals surface area contributed by atoms with E-state index in [1.54, 1.807) is 0 Å². The lowest BCUT2D eigenvalue weighted by molar-refractivity contribution is 0.0697. The highest BCUT2D eigenvalue weighted by atomic mass is 35.5. The van der Waals surface area contributed by atoms with E-state index in [1.807, 2.05) is 13.8 Å². The molecule has 0 fully saturated rings. The topological polar surface area (TPSA) is 83.5 Å². The van der Waals surface area contributed by atoms with Crippen LogP contribution in [0.5, 0.6) is 0 Å². The Morgan fingerprint density at radius 2 is 1.90 bits per heavy atom. The van der Waals surface area contributed by atoms with Crippen molar-refractivity contribution in [1.82, 2.24) is 4.72 Å². The molecule has 20 heavy (non-hydrogen) atoms. The third-order valence-electron chi connectivity index (χ3n) is 2.56. The minimum atomic E-state index is -3.86. The smallest absolute Gasteiger partial charge is 0.337 e. The summed E-state index contributed by atoms with van der Waals surface area (Å²) in [6, 6.07) is 2.08. The molecule has 1 aromatic rings. The van der Waals surface area contributed by atoms with E-state index in [0.717, 1.165) is 12.1 Å². The van der Waals surface area contributed by atoms with E-state index in [2.05, 4.69) is 4.72 Å². The first kappa shape index (κ1) is 17.2. The van der Waals surface area contributed by atoms with Gasteiger partial charge in [-0.25, -0.2) is 17.9 Å². The molecule has 0 unspecified atom stereocenters. The van der Waals surface area contributed by atoms with Gasteiger partial charge in [-0.1, -0.05) is 37.0 Å². The Morgan fingerprint density at radius 3 is 2.40 bits per heavy atom. The van der Waals surface area contributed by atoms with Crippen LogP contribution >= 0.6 is 23.2 Å². The number of hydrogen-bond acceptors (Lipinski definition) is 3. The summed E-state index contributed by atoms with van der Waals surface area (Å²) in [7, 11) is -3.86. The molecule has 0 aliphatic rings. The summed E-state index contributed by atoms with van der Waals surface area (Å²) >= 11 is 11.5. The summed E-state index contributed by atoms with van der Waals surface area (Å²) in [4.78, 5) is 10.7. The quantitative estimate of drug-likeness (QED) is 0.834. The number of aromatic carboxylic acids is 1. The van der Waals surface area contributed by atoms with Crippen LogP contribution in [0, 0.1) is 5.92 Å². The molecule has 0 radical (unpaired) electrons. The summed E-state index contributed by atoms with van der Waals surface area (Å²) in [5, 5.41) is 8.73. The molecule has 0 heterocycles. The zero-order valence-corrected chi connectivity index (χ0v) is 13.3. The Hall–Kier alpha value is -0.820. The molecule has 5 nitrogen and oxygen atoms in total. The van der Waals surface area contributed by atoms with Gasteiger partial charge in [0.25, 0.3) is 0 Å². The monoisotopic (exact) mass is 339 g/mol. The first-order chi connectivity index (χ1) is 9.15. The predicted molar refractivity (Wildman–Crippen MR) is 78.1 cm³/mol. The van der Waals surface area contributed by atoms with Crippen LogP contribution in [0.4, 0.5) is 0 Å². The molecule has 0 atom stereocenters. The van der Waals surface area contributed by atoms with Gasteiger partial charge < -0.3 is 5.11 Å². The summed E-state index contributed by atoms with van der Waals surface area (Å²) in [5.74, 6) is -0.974. The molecule has 0 saturated carbocycles. The summed E-state index contributed by atoms with van der Waals surface area (Å²) in [6.07, 6.45) is 0.663. The number of carboxylic acids is 1. The van der Waals surface area contributed by atoms with Gasteiger partial charge in [-0.3, -0.25) is 0 Å². The Bertz CT molecular complexity index is 614. The maximum atomic E-state index is 12.1. The average Bonchev–Trinajstić information content (AvgIpc) is 2.26. The van der Waals surface area contributed by atoms with E-state index in [9.17, 15) is 13.2 Å². The Kier molecular flexibility index (Phi) is 5.82. The second kappa shape index (κ2) is 6.76. The number of sulfonamides is 1. The Morgan fingerprint density at radius 1 is 1.30 bits per heavy atom. The van der Waals surface area contributed by atoms with Crippen molar-refractivity contribution in [2.45, 2.75) is 25.2 Å². The second-order valence-electron chi connectivity index (χ2n) is 4.65. The molecule has 2 N–H and O–H groups in total. The summed E-state index contributed by atoms with van der Waals surface area (Å²) < 4.78 is 26.6. The van der Waals surface area contributed by atoms with Crippen LogP contribution in [0.2, 0.25) is 10.0 Å². The van der Waals surface area contributed by atoms with Crippen LogP contribution in [-0.4, -0.2) is 26.0 Å². The van der Waals surface area contributed by atoms with Gasteiger partial charge >= 0.3 is 5.97 Å². The molecule has 1 aromatic carbocycles. The average molecular weight is 340 g/mol. The van der Waals surface area contributed by atoms with E-state index < -0.39 is 16.0 Å². The van der Waals surface area contributed by atoms with Crippen LogP contribution in [0.15, 0.2) is 17.0 Å². The lowest BCUT2D eigenvalue weighted by atomic mass is 10.1. The van der Waals surface area contributed by atoms with Gasteiger partial charge in [-0.05, 0) is 24.5 Å². The van der Waals surface area contributed by atoms with Crippen molar-refractivity contribution < 1.29 is 18.3 Å². The molecule has 0 aliphatic heterocycles. The van der Waals surface area contributed by atoms with Gasteiger partial charge in [0.1, 0.15) is 4.90 Å². The zero-order valence-electron chi connectivity index (χ0n) is 11.0. The lowest BCUT2D eigenvalue weighted by Gasteiger charge is -2.11. The molecular formula is C12H15Cl2NO4S. The third-order valence-corrected chi connectivity index (χ3v) is 4.79. The van der Waals surface area contributed by atoms with Crippen LogP contribution in [0.3, 0.4) is 0 Å². The Labute approximate surface area is 127 Å². The van der Waals surface area contributed by atoms with Crippen LogP contribution in [0.1, 0.15) is 30.6 Å². The van der Waals surface area contributed by atoms with E-state index in [1.165, 1.54) is 0 Å². The van der Waals surface area contributed by atoms with Gasteiger partial charge in [-0.15, -0.1) is 0 Å². The second-order valence-corrected chi connectivity index (χ2v) is 7.20. The minimum Gasteiger partial charge on any atom is -0.478 e. The minimum absolute atomic E-state index is 0.108. The van der Waals surface area contributed by atoms with Gasteiger partial charge in [-0.2, -0.15) is 0 Å². The number of carboxylic acid groups (broad SMARTS) is 1. The summed E-state index contributed by atoms with van der Waals surface area (Å²) in [5.41, 5.74) is -0.305. The fourth-order valence-electron chi connectivity index (χ4n) is 1.46. The fourth-order valence-corrected chi connectivity index (χ4v) is 3.36. The maximum Gasteiger partial charge on any atom is 0.337 e. The highest BCUT2D eigenvalue weighted by molar-refractivity contribution is 7.89. The number of hydrogen-bond donors (Lipinski definition) is 2. The van der Waals surface area contributed by atoms with Crippen molar-refractivity contribution in [1.29, 1.82) is 0 Å². The molecule has 0 amide bonds. The normalized spacial score (nSPS) is 11.8. The highest BCUT2D eigenvalue weighted by Gasteiger charge is 2.22. The van der Waals surface area contributed by atoms with Crippen molar-refractivity contribution in [3.63, 3.8) is 0 Å². The molecule has 112 valence electrons. The van der Waals surface area contributed by atoms with E-state index in [0.29, 0.717) is 12.3 Å². The van der Waals surface area contributed by atoms with Crippen molar-refractivity contribution >= 4 is 39.2 Å². The van der Waals surface area contributed by atoms with Gasteiger partial charge in [0.15, 0.2) is 0 Å². The molecule has 0 saturated heterocycles. The van der Waals surface area contributed by atoms with E-state index >= 15 is 0 Å². The first-order valence-electron chi connectivity index (χ1n) is 5.87. The van der Waals surface area contributed by atoms with Crippen LogP contribution in [-0.2, 0) is 10.0 Å². The molecule has 0 aromatic heterocycles. The predicted octanol–water partition coefficient (Wildman–Crippen LogP) is 3.02. The first-order valence-corrected chi connectivity index (χ1v) is 8.11. The van der Waals surface area contributed by atoms with Crippen LogP contribution < -0.4 is 4.72 Å². The van der Waals surface area contributed by atoms with Crippen molar-refractivity contribution in [2.75, 3.05) is 6.54 Å². The number of benzene rings is 1. The molecule has 8 heteroatoms. The fraction of sp³-hybridized carbons (Fsp3) is 0.417. The van der Waals surface area contributed by atoms with Crippen molar-refractivity contribution in [3.05, 3.63) is 27.7 Å². The number of carbonyl (C=O) groups is 1. The largest absolute Gasteiger partial charge is 0.478 e. The van der Waals surface area contributed by atoms with Crippen LogP contribution in [0.25, 0.3) is 0 Å².